The van der Waals surface area contributed by atoms with E-state index in [1.807, 2.05) is 23.6 Å². The zero-order chi connectivity index (χ0) is 17.8. The number of carbonyl (C=O) groups excluding carboxylic acids is 1. The van der Waals surface area contributed by atoms with Crippen molar-refractivity contribution in [3.8, 4) is 11.3 Å². The largest absolute Gasteiger partial charge is 0.298 e. The van der Waals surface area contributed by atoms with Gasteiger partial charge in [0, 0.05) is 27.1 Å². The molecular weight excluding hydrogens is 399 g/mol. The Labute approximate surface area is 163 Å². The summed E-state index contributed by atoms with van der Waals surface area (Å²) in [7, 11) is 0. The summed E-state index contributed by atoms with van der Waals surface area (Å²) in [6.07, 6.45) is 3.07. The number of thiazole rings is 1. The van der Waals surface area contributed by atoms with Crippen LogP contribution in [0.25, 0.3) is 17.3 Å². The van der Waals surface area contributed by atoms with Gasteiger partial charge in [-0.05, 0) is 35.9 Å². The summed E-state index contributed by atoms with van der Waals surface area (Å²) >= 11 is 19.4. The fraction of sp³-hybridized carbons (Fsp3) is 0. The van der Waals surface area contributed by atoms with Gasteiger partial charge in [0.25, 0.3) is 0 Å². The predicted octanol–water partition coefficient (Wildman–Crippen LogP) is 6.42. The van der Waals surface area contributed by atoms with E-state index >= 15 is 0 Å². The summed E-state index contributed by atoms with van der Waals surface area (Å²) < 4.78 is 0. The molecule has 0 radical (unpaired) electrons. The molecule has 0 bridgehead atoms. The van der Waals surface area contributed by atoms with E-state index in [4.69, 9.17) is 34.8 Å². The van der Waals surface area contributed by atoms with Crippen LogP contribution in [0.4, 0.5) is 5.13 Å². The van der Waals surface area contributed by atoms with Crippen LogP contribution in [0.3, 0.4) is 0 Å². The normalized spacial score (nSPS) is 11.0. The maximum absolute atomic E-state index is 12.0. The van der Waals surface area contributed by atoms with Crippen LogP contribution < -0.4 is 5.32 Å². The molecule has 1 amide bonds. The fourth-order valence-electron chi connectivity index (χ4n) is 2.07. The van der Waals surface area contributed by atoms with Crippen LogP contribution in [0.1, 0.15) is 5.56 Å². The molecule has 2 aromatic carbocycles. The van der Waals surface area contributed by atoms with Crippen LogP contribution in [0.15, 0.2) is 53.9 Å². The van der Waals surface area contributed by atoms with Gasteiger partial charge in [-0.1, -0.05) is 53.0 Å². The summed E-state index contributed by atoms with van der Waals surface area (Å²) in [6, 6.07) is 12.5. The molecule has 7 heteroatoms. The Morgan fingerprint density at radius 1 is 1.08 bits per heavy atom. The second kappa shape index (κ2) is 8.02. The summed E-state index contributed by atoms with van der Waals surface area (Å²) in [4.78, 5) is 16.4. The minimum absolute atomic E-state index is 0.289. The maximum atomic E-state index is 12.0. The number of nitrogens with one attached hydrogen (secondary N) is 1. The highest BCUT2D eigenvalue weighted by Crippen LogP contribution is 2.32. The molecular formula is C18H11Cl3N2OS. The van der Waals surface area contributed by atoms with Crippen LogP contribution in [0.2, 0.25) is 15.1 Å². The number of hydrogen-bond acceptors (Lipinski definition) is 3. The first-order chi connectivity index (χ1) is 12.0. The quantitative estimate of drug-likeness (QED) is 0.505. The lowest BCUT2D eigenvalue weighted by atomic mass is 10.2. The van der Waals surface area contributed by atoms with Gasteiger partial charge in [0.2, 0.25) is 5.91 Å². The first-order valence-corrected chi connectivity index (χ1v) is 9.19. The highest BCUT2D eigenvalue weighted by atomic mass is 35.5. The summed E-state index contributed by atoms with van der Waals surface area (Å²) in [5.41, 5.74) is 2.21. The van der Waals surface area contributed by atoms with Crippen molar-refractivity contribution in [1.82, 2.24) is 4.98 Å². The topological polar surface area (TPSA) is 42.0 Å². The van der Waals surface area contributed by atoms with E-state index in [9.17, 15) is 4.79 Å². The van der Waals surface area contributed by atoms with Crippen molar-refractivity contribution in [3.05, 3.63) is 74.6 Å². The van der Waals surface area contributed by atoms with Crippen molar-refractivity contribution >= 4 is 63.3 Å². The van der Waals surface area contributed by atoms with E-state index in [2.05, 4.69) is 10.3 Å². The molecule has 25 heavy (non-hydrogen) atoms. The van der Waals surface area contributed by atoms with Gasteiger partial charge in [-0.3, -0.25) is 10.1 Å². The Morgan fingerprint density at radius 3 is 2.64 bits per heavy atom. The third-order valence-electron chi connectivity index (χ3n) is 3.26. The fourth-order valence-corrected chi connectivity index (χ4v) is 3.49. The lowest BCUT2D eigenvalue weighted by molar-refractivity contribution is -0.111. The first-order valence-electron chi connectivity index (χ1n) is 7.17. The van der Waals surface area contributed by atoms with E-state index in [-0.39, 0.29) is 5.91 Å². The molecule has 0 aliphatic rings. The van der Waals surface area contributed by atoms with Gasteiger partial charge in [0.15, 0.2) is 5.13 Å². The molecule has 0 spiro atoms. The maximum Gasteiger partial charge on any atom is 0.250 e. The molecule has 0 aliphatic heterocycles. The Hall–Kier alpha value is -1.85. The van der Waals surface area contributed by atoms with E-state index in [0.29, 0.717) is 25.9 Å². The second-order valence-electron chi connectivity index (χ2n) is 5.01. The molecule has 1 N–H and O–H groups in total. The van der Waals surface area contributed by atoms with Crippen LogP contribution in [0, 0.1) is 0 Å². The van der Waals surface area contributed by atoms with Crippen molar-refractivity contribution in [2.75, 3.05) is 5.32 Å². The molecule has 3 rings (SSSR count). The molecule has 0 saturated carbocycles. The smallest absolute Gasteiger partial charge is 0.250 e. The van der Waals surface area contributed by atoms with Crippen LogP contribution in [-0.4, -0.2) is 10.9 Å². The van der Waals surface area contributed by atoms with Crippen molar-refractivity contribution < 1.29 is 4.79 Å². The standard InChI is InChI=1S/C18H11Cl3N2OS/c19-12-6-7-13(15(21)9-12)16-10-25-18(22-16)23-17(24)8-5-11-3-1-2-4-14(11)20/h1-10H,(H,22,23,24). The van der Waals surface area contributed by atoms with Crippen molar-refractivity contribution in [1.29, 1.82) is 0 Å². The molecule has 0 fully saturated rings. The first kappa shape index (κ1) is 18.0. The van der Waals surface area contributed by atoms with Gasteiger partial charge < -0.3 is 0 Å². The third kappa shape index (κ3) is 4.61. The van der Waals surface area contributed by atoms with E-state index in [1.54, 1.807) is 30.3 Å². The molecule has 126 valence electrons. The van der Waals surface area contributed by atoms with E-state index in [0.717, 1.165) is 11.1 Å². The Bertz CT molecular complexity index is 953. The average Bonchev–Trinajstić information content (AvgIpc) is 3.02. The number of nitrogens with zero attached hydrogens (tertiary/aromatic N) is 1. The van der Waals surface area contributed by atoms with Gasteiger partial charge in [0.05, 0.1) is 10.7 Å². The van der Waals surface area contributed by atoms with Gasteiger partial charge in [-0.15, -0.1) is 11.3 Å². The zero-order valence-corrected chi connectivity index (χ0v) is 15.8. The summed E-state index contributed by atoms with van der Waals surface area (Å²) in [5, 5.41) is 6.68. The number of benzene rings is 2. The van der Waals surface area contributed by atoms with Crippen molar-refractivity contribution in [2.45, 2.75) is 0 Å². The number of carbonyl (C=O) groups is 1. The monoisotopic (exact) mass is 408 g/mol. The number of hydrogen-bond donors (Lipinski definition) is 1. The molecule has 3 aromatic rings. The third-order valence-corrected chi connectivity index (χ3v) is 4.91. The lowest BCUT2D eigenvalue weighted by Gasteiger charge is -2.01. The van der Waals surface area contributed by atoms with E-state index in [1.165, 1.54) is 17.4 Å². The second-order valence-corrected chi connectivity index (χ2v) is 7.12. The van der Waals surface area contributed by atoms with Gasteiger partial charge in [-0.2, -0.15) is 0 Å². The molecule has 0 saturated heterocycles. The van der Waals surface area contributed by atoms with Gasteiger partial charge in [-0.25, -0.2) is 4.98 Å². The number of halogens is 3. The Kier molecular flexibility index (Phi) is 5.76. The summed E-state index contributed by atoms with van der Waals surface area (Å²) in [5.74, 6) is -0.289. The SMILES string of the molecule is O=C(C=Cc1ccccc1Cl)Nc1nc(-c2ccc(Cl)cc2Cl)cs1. The lowest BCUT2D eigenvalue weighted by Crippen LogP contribution is -2.07. The molecule has 3 nitrogen and oxygen atoms in total. The average molecular weight is 410 g/mol. The van der Waals surface area contributed by atoms with Crippen molar-refractivity contribution in [3.63, 3.8) is 0 Å². The number of anilines is 1. The molecule has 0 aliphatic carbocycles. The Balaban J connectivity index is 1.71. The van der Waals surface area contributed by atoms with Crippen LogP contribution in [-0.2, 0) is 4.79 Å². The minimum Gasteiger partial charge on any atom is -0.298 e. The highest BCUT2D eigenvalue weighted by molar-refractivity contribution is 7.14. The van der Waals surface area contributed by atoms with Crippen LogP contribution >= 0.6 is 46.1 Å². The Morgan fingerprint density at radius 2 is 1.88 bits per heavy atom. The molecule has 1 aromatic heterocycles. The van der Waals surface area contributed by atoms with Gasteiger partial charge in [0.1, 0.15) is 0 Å². The highest BCUT2D eigenvalue weighted by Gasteiger charge is 2.10. The van der Waals surface area contributed by atoms with Crippen LogP contribution in [0.5, 0.6) is 0 Å². The van der Waals surface area contributed by atoms with Gasteiger partial charge >= 0.3 is 0 Å². The molecule has 0 unspecified atom stereocenters. The molecule has 1 heterocycles. The number of rotatable bonds is 4. The van der Waals surface area contributed by atoms with Crippen molar-refractivity contribution in [2.24, 2.45) is 0 Å². The van der Waals surface area contributed by atoms with E-state index < -0.39 is 0 Å². The minimum atomic E-state index is -0.289. The summed E-state index contributed by atoms with van der Waals surface area (Å²) in [6.45, 7) is 0. The predicted molar refractivity (Wildman–Crippen MR) is 107 cm³/mol. The zero-order valence-electron chi connectivity index (χ0n) is 12.7. The molecule has 0 atom stereocenters. The number of aromatic nitrogens is 1. The number of amides is 1.